The van der Waals surface area contributed by atoms with Crippen LogP contribution in [-0.4, -0.2) is 67.7 Å². The Morgan fingerprint density at radius 1 is 1.47 bits per heavy atom. The molecule has 3 rings (SSSR count). The van der Waals surface area contributed by atoms with Gasteiger partial charge in [0.1, 0.15) is 17.1 Å². The molecule has 3 heterocycles. The zero-order chi connectivity index (χ0) is 23.7. The van der Waals surface area contributed by atoms with Crippen molar-refractivity contribution >= 4 is 57.7 Å². The van der Waals surface area contributed by atoms with Crippen LogP contribution in [0.1, 0.15) is 30.8 Å². The third-order valence-corrected chi connectivity index (χ3v) is 7.00. The number of nitrogen functional groups attached to an aromatic ring is 1. The average molecular weight is 483 g/mol. The number of aliphatic carboxylic acids is 2. The lowest BCUT2D eigenvalue weighted by atomic mass is 10.0. The molecule has 2 aliphatic rings. The number of carboxylic acids is 2. The molecule has 0 radical (unpaired) electrons. The molecular weight excluding hydrogens is 462 g/mol. The van der Waals surface area contributed by atoms with Crippen LogP contribution in [0.4, 0.5) is 5.13 Å². The Balaban J connectivity index is 1.85. The van der Waals surface area contributed by atoms with E-state index >= 15 is 0 Å². The SMILES string of the molecule is CCC1=C(C(=O)[O-])N2C(=O)C(NC(=O)/C(=N/O[C@@H](C)C(=O)O)c3nc(N)sc3C)C2SC1. The lowest BCUT2D eigenvalue weighted by molar-refractivity contribution is -0.301. The summed E-state index contributed by atoms with van der Waals surface area (Å²) in [5.41, 5.74) is 5.85. The number of β-lactam (4-membered cyclic amide) rings is 1. The van der Waals surface area contributed by atoms with E-state index in [1.165, 1.54) is 18.7 Å². The summed E-state index contributed by atoms with van der Waals surface area (Å²) in [6.07, 6.45) is -0.892. The second-order valence-electron chi connectivity index (χ2n) is 6.94. The van der Waals surface area contributed by atoms with E-state index < -0.39 is 41.3 Å². The minimum Gasteiger partial charge on any atom is -0.543 e. The first-order valence-corrected chi connectivity index (χ1v) is 11.3. The van der Waals surface area contributed by atoms with E-state index in [9.17, 15) is 24.3 Å². The van der Waals surface area contributed by atoms with Crippen LogP contribution < -0.4 is 16.2 Å². The van der Waals surface area contributed by atoms with Crippen molar-refractivity contribution in [3.05, 3.63) is 21.8 Å². The normalized spacial score (nSPS) is 21.5. The summed E-state index contributed by atoms with van der Waals surface area (Å²) in [5.74, 6) is -3.80. The molecule has 0 aromatic carbocycles. The van der Waals surface area contributed by atoms with Gasteiger partial charge in [0.2, 0.25) is 6.10 Å². The summed E-state index contributed by atoms with van der Waals surface area (Å²) in [5, 5.41) is 26.3. The second kappa shape index (κ2) is 9.16. The van der Waals surface area contributed by atoms with Crippen LogP contribution in [0, 0.1) is 6.92 Å². The van der Waals surface area contributed by atoms with Crippen molar-refractivity contribution in [2.45, 2.75) is 44.7 Å². The highest BCUT2D eigenvalue weighted by Gasteiger charge is 2.53. The zero-order valence-corrected chi connectivity index (χ0v) is 18.9. The number of nitrogens with one attached hydrogen (secondary N) is 1. The molecule has 1 saturated heterocycles. The summed E-state index contributed by atoms with van der Waals surface area (Å²) in [7, 11) is 0. The molecule has 1 aromatic heterocycles. The molecular formula is C18H20N5O7S2-. The van der Waals surface area contributed by atoms with E-state index in [2.05, 4.69) is 15.5 Å². The first kappa shape index (κ1) is 23.5. The maximum Gasteiger partial charge on any atom is 0.347 e. The van der Waals surface area contributed by atoms with Crippen LogP contribution in [0.25, 0.3) is 0 Å². The molecule has 2 aliphatic heterocycles. The number of fused-ring (bicyclic) bond motifs is 1. The number of nitrogens with two attached hydrogens (primary N) is 1. The third kappa shape index (κ3) is 4.27. The quantitative estimate of drug-likeness (QED) is 0.236. The van der Waals surface area contributed by atoms with Gasteiger partial charge in [0, 0.05) is 10.6 Å². The second-order valence-corrected chi connectivity index (χ2v) is 9.28. The highest BCUT2D eigenvalue weighted by molar-refractivity contribution is 8.00. The van der Waals surface area contributed by atoms with E-state index in [1.807, 2.05) is 0 Å². The predicted molar refractivity (Wildman–Crippen MR) is 113 cm³/mol. The summed E-state index contributed by atoms with van der Waals surface area (Å²) in [6, 6.07) is -1.02. The number of oxime groups is 1. The van der Waals surface area contributed by atoms with Gasteiger partial charge >= 0.3 is 5.97 Å². The molecule has 0 saturated carbocycles. The average Bonchev–Trinajstić information content (AvgIpc) is 3.07. The van der Waals surface area contributed by atoms with Crippen LogP contribution in [0.5, 0.6) is 0 Å². The molecule has 0 aliphatic carbocycles. The van der Waals surface area contributed by atoms with Crippen LogP contribution in [0.3, 0.4) is 0 Å². The number of thiazole rings is 1. The lowest BCUT2D eigenvalue weighted by Gasteiger charge is -2.50. The number of hydrogen-bond donors (Lipinski definition) is 3. The number of carboxylic acid groups (broad SMARTS) is 2. The fourth-order valence-electron chi connectivity index (χ4n) is 3.16. The van der Waals surface area contributed by atoms with Crippen molar-refractivity contribution in [1.29, 1.82) is 0 Å². The molecule has 14 heteroatoms. The topological polar surface area (TPSA) is 187 Å². The molecule has 3 atom stereocenters. The number of carbonyl (C=O) groups excluding carboxylic acids is 3. The minimum absolute atomic E-state index is 0.0890. The zero-order valence-electron chi connectivity index (χ0n) is 17.3. The lowest BCUT2D eigenvalue weighted by Crippen LogP contribution is -2.71. The smallest absolute Gasteiger partial charge is 0.347 e. The van der Waals surface area contributed by atoms with Crippen LogP contribution in [0.15, 0.2) is 16.4 Å². The van der Waals surface area contributed by atoms with Crippen molar-refractivity contribution in [2.75, 3.05) is 11.5 Å². The van der Waals surface area contributed by atoms with Gasteiger partial charge in [0.25, 0.3) is 11.8 Å². The third-order valence-electron chi connectivity index (χ3n) is 4.86. The summed E-state index contributed by atoms with van der Waals surface area (Å²) in [6.45, 7) is 4.66. The number of anilines is 1. The monoisotopic (exact) mass is 482 g/mol. The Hall–Kier alpha value is -3.13. The minimum atomic E-state index is -1.45. The Bertz CT molecular complexity index is 1050. The number of aryl methyl sites for hydroxylation is 1. The Labute approximate surface area is 190 Å². The van der Waals surface area contributed by atoms with E-state index in [-0.39, 0.29) is 22.2 Å². The summed E-state index contributed by atoms with van der Waals surface area (Å²) < 4.78 is 0. The number of nitrogens with zero attached hydrogens (tertiary/aromatic N) is 3. The van der Waals surface area contributed by atoms with E-state index in [0.717, 1.165) is 16.2 Å². The van der Waals surface area contributed by atoms with Crippen LogP contribution in [-0.2, 0) is 24.0 Å². The van der Waals surface area contributed by atoms with Gasteiger partial charge in [-0.05, 0) is 25.8 Å². The van der Waals surface area contributed by atoms with E-state index in [0.29, 0.717) is 22.6 Å². The predicted octanol–water partition coefficient (Wildman–Crippen LogP) is -0.959. The number of aromatic nitrogens is 1. The Morgan fingerprint density at radius 3 is 2.69 bits per heavy atom. The molecule has 32 heavy (non-hydrogen) atoms. The van der Waals surface area contributed by atoms with Crippen molar-refractivity contribution in [1.82, 2.24) is 15.2 Å². The van der Waals surface area contributed by atoms with Gasteiger partial charge in [-0.15, -0.1) is 23.1 Å². The molecule has 1 aromatic rings. The number of carbonyl (C=O) groups is 4. The summed E-state index contributed by atoms with van der Waals surface area (Å²) >= 11 is 2.41. The van der Waals surface area contributed by atoms with E-state index in [1.54, 1.807) is 13.8 Å². The number of thioether (sulfide) groups is 1. The van der Waals surface area contributed by atoms with Crippen molar-refractivity contribution in [3.63, 3.8) is 0 Å². The highest BCUT2D eigenvalue weighted by Crippen LogP contribution is 2.40. The molecule has 4 N–H and O–H groups in total. The molecule has 172 valence electrons. The summed E-state index contributed by atoms with van der Waals surface area (Å²) in [4.78, 5) is 58.8. The van der Waals surface area contributed by atoms with Crippen LogP contribution in [0.2, 0.25) is 0 Å². The number of rotatable bonds is 8. The van der Waals surface area contributed by atoms with E-state index in [4.69, 9.17) is 15.7 Å². The molecule has 12 nitrogen and oxygen atoms in total. The molecule has 1 fully saturated rings. The van der Waals surface area contributed by atoms with Gasteiger partial charge in [-0.2, -0.15) is 0 Å². The van der Waals surface area contributed by atoms with Crippen molar-refractivity contribution in [2.24, 2.45) is 5.16 Å². The fourth-order valence-corrected chi connectivity index (χ4v) is 5.30. The Kier molecular flexibility index (Phi) is 6.74. The molecule has 0 spiro atoms. The first-order chi connectivity index (χ1) is 15.1. The van der Waals surface area contributed by atoms with Gasteiger partial charge in [0.15, 0.2) is 10.8 Å². The molecule has 0 bridgehead atoms. The van der Waals surface area contributed by atoms with Gasteiger partial charge in [-0.3, -0.25) is 14.5 Å². The fraction of sp³-hybridized carbons (Fsp3) is 0.444. The van der Waals surface area contributed by atoms with Gasteiger partial charge in [-0.25, -0.2) is 9.78 Å². The Morgan fingerprint density at radius 2 is 2.16 bits per heavy atom. The van der Waals surface area contributed by atoms with Crippen molar-refractivity contribution < 1.29 is 34.2 Å². The van der Waals surface area contributed by atoms with Crippen molar-refractivity contribution in [3.8, 4) is 0 Å². The largest absolute Gasteiger partial charge is 0.543 e. The number of hydrogen-bond acceptors (Lipinski definition) is 11. The standard InChI is InChI=1S/C18H21N5O7S2/c1-4-8-5-31-15-11(14(25)23(15)12(8)17(28)29)20-13(24)10(22-30-6(2)16(26)27)9-7(3)32-18(19)21-9/h6,11,15H,4-5H2,1-3H3,(H2,19,21)(H,20,24)(H,26,27)(H,28,29)/p-1/b22-10+/t6-,11?,15?/m0/s1. The van der Waals surface area contributed by atoms with Gasteiger partial charge in [0.05, 0.1) is 11.7 Å². The van der Waals surface area contributed by atoms with Crippen LogP contribution >= 0.6 is 23.1 Å². The maximum absolute atomic E-state index is 13.0. The highest BCUT2D eigenvalue weighted by atomic mass is 32.2. The van der Waals surface area contributed by atoms with Gasteiger partial charge < -0.3 is 30.9 Å². The number of amides is 2. The molecule has 2 unspecified atom stereocenters. The first-order valence-electron chi connectivity index (χ1n) is 9.45. The molecule has 2 amide bonds. The van der Waals surface area contributed by atoms with Gasteiger partial charge in [-0.1, -0.05) is 12.1 Å². The maximum atomic E-state index is 13.0.